The van der Waals surface area contributed by atoms with E-state index in [9.17, 15) is 19.5 Å². The van der Waals surface area contributed by atoms with Crippen molar-refractivity contribution in [1.82, 2.24) is 14.9 Å². The molecule has 0 radical (unpaired) electrons. The fourth-order valence-corrected chi connectivity index (χ4v) is 15.5. The van der Waals surface area contributed by atoms with Gasteiger partial charge in [0.2, 0.25) is 17.7 Å². The SMILES string of the molecule is COc1ccc([Si](C)(C)[C@@H]2[C@@H](CC(=O)N(CCO)Cc3ccccc3)O[C@]3(C(=O)N(Cc4ccc(NC(=O)Cc5c[nH]c6ccccc56)cc4)c4ccc(NC(=O)Cc5c[nH]c6ccccc56)cc43)[C@H]2C)cc1. The summed E-state index contributed by atoms with van der Waals surface area (Å²) in [4.78, 5) is 67.6. The van der Waals surface area contributed by atoms with Crippen molar-refractivity contribution in [1.29, 1.82) is 0 Å². The molecule has 5 N–H and O–H groups in total. The van der Waals surface area contributed by atoms with Gasteiger partial charge in [0.05, 0.1) is 59.4 Å². The number of fused-ring (bicyclic) bond motifs is 4. The van der Waals surface area contributed by atoms with E-state index in [4.69, 9.17) is 9.47 Å². The minimum atomic E-state index is -2.68. The molecule has 13 nitrogen and oxygen atoms in total. The maximum Gasteiger partial charge on any atom is 0.264 e. The van der Waals surface area contributed by atoms with E-state index in [2.05, 4.69) is 52.8 Å². The van der Waals surface area contributed by atoms with Gasteiger partial charge in [-0.1, -0.05) is 116 Å². The third-order valence-electron chi connectivity index (χ3n) is 15.1. The highest BCUT2D eigenvalue weighted by Crippen LogP contribution is 2.60. The number of aliphatic hydroxyl groups excluding tert-OH is 1. The highest BCUT2D eigenvalue weighted by atomic mass is 28.3. The molecule has 10 rings (SSSR count). The second-order valence-corrected chi connectivity index (χ2v) is 24.6. The van der Waals surface area contributed by atoms with Crippen molar-refractivity contribution in [3.63, 3.8) is 0 Å². The standard InChI is InChI=1S/C59H60N6O7Si/c1-38-57(73(3,4)46-25-23-45(71-2)24-26-46)53(33-56(69)64(28-29-66)36-39-12-6-5-7-13-39)72-59(38)49-32-44(63-55(68)31-42-35-61-51-17-11-9-15-48(42)51)22-27-52(49)65(58(59)70)37-40-18-20-43(21-19-40)62-54(67)30-41-34-60-50-16-10-8-14-47(41)50/h5-27,32,34-35,38,53,57,60-61,66H,28-31,33,36-37H2,1-4H3,(H,62,67)(H,63,68)/t38-,53+,57-,59+/m0/s1. The minimum absolute atomic E-state index is 0.0205. The van der Waals surface area contributed by atoms with Gasteiger partial charge in [-0.05, 0) is 82.4 Å². The molecule has 1 fully saturated rings. The first-order valence-electron chi connectivity index (χ1n) is 24.9. The van der Waals surface area contributed by atoms with Gasteiger partial charge in [-0.15, -0.1) is 0 Å². The summed E-state index contributed by atoms with van der Waals surface area (Å²) in [5, 5.41) is 19.5. The van der Waals surface area contributed by atoms with Gasteiger partial charge in [0.25, 0.3) is 5.91 Å². The number of aliphatic hydroxyl groups is 1. The van der Waals surface area contributed by atoms with Crippen LogP contribution in [-0.4, -0.2) is 78.0 Å². The van der Waals surface area contributed by atoms with E-state index in [1.54, 1.807) is 16.9 Å². The summed E-state index contributed by atoms with van der Waals surface area (Å²) in [6.45, 7) is 7.03. The van der Waals surface area contributed by atoms with Gasteiger partial charge < -0.3 is 45.0 Å². The lowest BCUT2D eigenvalue weighted by Gasteiger charge is -2.37. The predicted octanol–water partition coefficient (Wildman–Crippen LogP) is 9.19. The molecule has 0 unspecified atom stereocenters. The number of rotatable bonds is 17. The monoisotopic (exact) mass is 992 g/mol. The number of H-pyrrole nitrogens is 2. The van der Waals surface area contributed by atoms with E-state index < -0.39 is 25.7 Å². The number of hydrogen-bond donors (Lipinski definition) is 5. The number of amides is 4. The molecular formula is C59H60N6O7Si. The van der Waals surface area contributed by atoms with Gasteiger partial charge in [0.1, 0.15) is 5.75 Å². The first-order valence-corrected chi connectivity index (χ1v) is 27.9. The van der Waals surface area contributed by atoms with Gasteiger partial charge in [-0.25, -0.2) is 0 Å². The van der Waals surface area contributed by atoms with Crippen LogP contribution in [-0.2, 0) is 55.4 Å². The quantitative estimate of drug-likeness (QED) is 0.0567. The molecule has 2 aliphatic heterocycles. The third kappa shape index (κ3) is 9.56. The van der Waals surface area contributed by atoms with E-state index in [1.807, 2.05) is 146 Å². The first-order chi connectivity index (χ1) is 35.4. The Morgan fingerprint density at radius 2 is 1.34 bits per heavy atom. The molecule has 14 heteroatoms. The maximum absolute atomic E-state index is 15.9. The van der Waals surface area contributed by atoms with Gasteiger partial charge in [0.15, 0.2) is 5.60 Å². The topological polar surface area (TPSA) is 169 Å². The number of benzene rings is 6. The highest BCUT2D eigenvalue weighted by molar-refractivity contribution is 6.91. The van der Waals surface area contributed by atoms with Crippen molar-refractivity contribution in [2.24, 2.45) is 5.92 Å². The molecule has 8 aromatic rings. The molecule has 0 bridgehead atoms. The fourth-order valence-electron chi connectivity index (χ4n) is 11.5. The maximum atomic E-state index is 15.9. The van der Waals surface area contributed by atoms with Crippen LogP contribution in [0.2, 0.25) is 18.6 Å². The molecule has 1 saturated heterocycles. The van der Waals surface area contributed by atoms with E-state index in [0.29, 0.717) is 29.2 Å². The number of ether oxygens (including phenoxy) is 2. The first kappa shape index (κ1) is 48.8. The van der Waals surface area contributed by atoms with Crippen LogP contribution < -0.4 is 25.5 Å². The van der Waals surface area contributed by atoms with Crippen LogP contribution in [0, 0.1) is 5.92 Å². The van der Waals surface area contributed by atoms with Gasteiger partial charge in [0, 0.05) is 70.1 Å². The van der Waals surface area contributed by atoms with E-state index >= 15 is 4.79 Å². The van der Waals surface area contributed by atoms with Gasteiger partial charge in [-0.3, -0.25) is 19.2 Å². The zero-order valence-electron chi connectivity index (χ0n) is 41.5. The zero-order chi connectivity index (χ0) is 50.9. The summed E-state index contributed by atoms with van der Waals surface area (Å²) in [7, 11) is -1.04. The van der Waals surface area contributed by atoms with Crippen molar-refractivity contribution in [3.8, 4) is 5.75 Å². The zero-order valence-corrected chi connectivity index (χ0v) is 42.5. The van der Waals surface area contributed by atoms with E-state index in [0.717, 1.165) is 55.0 Å². The predicted molar refractivity (Wildman–Crippen MR) is 288 cm³/mol. The van der Waals surface area contributed by atoms with Crippen LogP contribution >= 0.6 is 0 Å². The largest absolute Gasteiger partial charge is 0.497 e. The normalized spacial score (nSPS) is 18.3. The van der Waals surface area contributed by atoms with Crippen LogP contribution in [0.25, 0.3) is 21.8 Å². The molecule has 6 aromatic carbocycles. The van der Waals surface area contributed by atoms with Crippen molar-refractivity contribution in [2.75, 3.05) is 35.8 Å². The van der Waals surface area contributed by atoms with Crippen LogP contribution in [0.4, 0.5) is 17.1 Å². The fraction of sp³-hybridized carbons (Fsp3) is 0.254. The van der Waals surface area contributed by atoms with E-state index in [-0.39, 0.29) is 68.1 Å². The number of carbonyl (C=O) groups is 4. The molecule has 0 saturated carbocycles. The molecule has 4 heterocycles. The Hall–Kier alpha value is -7.78. The number of nitrogens with one attached hydrogen (secondary N) is 4. The Kier molecular flexibility index (Phi) is 13.6. The second-order valence-electron chi connectivity index (χ2n) is 19.9. The Labute approximate surface area is 425 Å². The minimum Gasteiger partial charge on any atom is -0.497 e. The molecular weight excluding hydrogens is 933 g/mol. The lowest BCUT2D eigenvalue weighted by Crippen LogP contribution is -2.52. The summed E-state index contributed by atoms with van der Waals surface area (Å²) in [5.41, 5.74) is 6.04. The van der Waals surface area contributed by atoms with E-state index in [1.165, 1.54) is 0 Å². The lowest BCUT2D eigenvalue weighted by molar-refractivity contribution is -0.150. The Bertz CT molecular complexity index is 3320. The van der Waals surface area contributed by atoms with Crippen molar-refractivity contribution >= 4 is 75.8 Å². The van der Waals surface area contributed by atoms with Crippen LogP contribution in [0.15, 0.2) is 158 Å². The summed E-state index contributed by atoms with van der Waals surface area (Å²) in [6, 6.07) is 46.6. The molecule has 2 aromatic heterocycles. The van der Waals surface area contributed by atoms with Crippen LogP contribution in [0.1, 0.15) is 41.2 Å². The van der Waals surface area contributed by atoms with Gasteiger partial charge in [-0.2, -0.15) is 0 Å². The van der Waals surface area contributed by atoms with Crippen LogP contribution in [0.3, 0.4) is 0 Å². The second kappa shape index (κ2) is 20.4. The summed E-state index contributed by atoms with van der Waals surface area (Å²) in [5.74, 6) is -0.536. The van der Waals surface area contributed by atoms with Crippen molar-refractivity contribution < 1.29 is 33.8 Å². The van der Waals surface area contributed by atoms with Crippen molar-refractivity contribution in [2.45, 2.75) is 69.6 Å². The van der Waals surface area contributed by atoms with Crippen LogP contribution in [0.5, 0.6) is 5.75 Å². The Morgan fingerprint density at radius 1 is 0.753 bits per heavy atom. The molecule has 2 aliphatic rings. The number of nitrogens with zero attached hydrogens (tertiary/aromatic N) is 2. The molecule has 4 amide bonds. The lowest BCUT2D eigenvalue weighted by atomic mass is 9.82. The van der Waals surface area contributed by atoms with Gasteiger partial charge >= 0.3 is 0 Å². The molecule has 372 valence electrons. The molecule has 4 atom stereocenters. The number of anilines is 3. The molecule has 0 aliphatic carbocycles. The summed E-state index contributed by atoms with van der Waals surface area (Å²) < 4.78 is 13.0. The number of methoxy groups -OCH3 is 1. The number of hydrogen-bond acceptors (Lipinski definition) is 7. The molecule has 73 heavy (non-hydrogen) atoms. The molecule has 1 spiro atoms. The highest BCUT2D eigenvalue weighted by Gasteiger charge is 2.66. The third-order valence-corrected chi connectivity index (χ3v) is 19.4. The summed E-state index contributed by atoms with van der Waals surface area (Å²) in [6.07, 6.45) is 3.33. The average Bonchev–Trinajstić information content (AvgIpc) is 4.15. The Morgan fingerprint density at radius 3 is 1.96 bits per heavy atom. The smallest absolute Gasteiger partial charge is 0.264 e. The van der Waals surface area contributed by atoms with Crippen molar-refractivity contribution in [3.05, 3.63) is 186 Å². The average molecular weight is 993 g/mol. The number of para-hydroxylation sites is 2. The summed E-state index contributed by atoms with van der Waals surface area (Å²) >= 11 is 0. The number of aromatic nitrogens is 2. The number of carbonyl (C=O) groups excluding carboxylic acids is 4. The number of aromatic amines is 2. The Balaban J connectivity index is 0.991.